The monoisotopic (exact) mass is 461 g/mol. The van der Waals surface area contributed by atoms with Crippen molar-refractivity contribution in [1.29, 1.82) is 0 Å². The largest absolute Gasteiger partial charge is 0.406 e. The van der Waals surface area contributed by atoms with Crippen LogP contribution in [0.15, 0.2) is 39.9 Å². The molecule has 0 radical (unpaired) electrons. The van der Waals surface area contributed by atoms with Crippen molar-refractivity contribution in [3.8, 4) is 0 Å². The Kier molecular flexibility index (Phi) is 6.01. The van der Waals surface area contributed by atoms with Gasteiger partial charge in [0.15, 0.2) is 5.96 Å². The Morgan fingerprint density at radius 1 is 1.36 bits per heavy atom. The van der Waals surface area contributed by atoms with E-state index in [0.29, 0.717) is 5.57 Å². The van der Waals surface area contributed by atoms with Crippen LogP contribution < -0.4 is 5.73 Å². The summed E-state index contributed by atoms with van der Waals surface area (Å²) < 4.78 is 45.7. The number of guanidine groups is 1. The molecule has 0 saturated heterocycles. The Bertz CT molecular complexity index is 708. The third-order valence-electron chi connectivity index (χ3n) is 6.43. The number of methoxy groups -OCH3 is 1. The zero-order valence-corrected chi connectivity index (χ0v) is 17.7. The number of ether oxygens (including phenoxy) is 1. The number of halogens is 4. The molecule has 0 aromatic rings. The zero-order valence-electron chi connectivity index (χ0n) is 16.1. The molecule has 156 valence electrons. The molecule has 1 fully saturated rings. The molecule has 1 atom stereocenters. The maximum absolute atomic E-state index is 13.1. The van der Waals surface area contributed by atoms with Crippen LogP contribution in [0, 0.1) is 5.41 Å². The van der Waals surface area contributed by atoms with E-state index in [1.807, 2.05) is 12.2 Å². The fourth-order valence-electron chi connectivity index (χ4n) is 4.95. The first-order chi connectivity index (χ1) is 13.1. The van der Waals surface area contributed by atoms with E-state index in [2.05, 4.69) is 28.6 Å². The minimum Gasteiger partial charge on any atom is -0.381 e. The molecule has 1 aliphatic heterocycles. The van der Waals surface area contributed by atoms with E-state index < -0.39 is 18.3 Å². The van der Waals surface area contributed by atoms with E-state index in [4.69, 9.17) is 15.5 Å². The lowest BCUT2D eigenvalue weighted by Gasteiger charge is -2.51. The van der Waals surface area contributed by atoms with E-state index >= 15 is 0 Å². The number of aliphatic imine (C=N–C) groups is 1. The predicted molar refractivity (Wildman–Crippen MR) is 108 cm³/mol. The van der Waals surface area contributed by atoms with Crippen molar-refractivity contribution in [3.05, 3.63) is 34.9 Å². The second kappa shape index (κ2) is 7.86. The number of rotatable bonds is 2. The molecule has 3 aliphatic rings. The van der Waals surface area contributed by atoms with Crippen LogP contribution in [-0.4, -0.2) is 48.9 Å². The summed E-state index contributed by atoms with van der Waals surface area (Å²) in [6, 6.07) is 0. The van der Waals surface area contributed by atoms with Crippen LogP contribution in [0.1, 0.15) is 38.5 Å². The normalized spacial score (nSPS) is 37.2. The minimum atomic E-state index is -4.34. The molecular weight excluding hydrogens is 435 g/mol. The van der Waals surface area contributed by atoms with Crippen molar-refractivity contribution in [2.75, 3.05) is 20.2 Å². The standard InChI is InChI=1S/C20H27BrF3N3O/c1-14-11-15(21)5-3-4-8-18(9-6-16(28-2)7-10-18)19(14)12-27(17(25)26-19)13-20(22,23)24/h3,5,11,16H,1,4,6-10,12-13H2,2H3,(H2,25,26)/b5-3-,15-11+. The second-order valence-corrected chi connectivity index (χ2v) is 8.93. The van der Waals surface area contributed by atoms with Gasteiger partial charge in [0.05, 0.1) is 12.6 Å². The predicted octanol–water partition coefficient (Wildman–Crippen LogP) is 4.68. The van der Waals surface area contributed by atoms with Gasteiger partial charge in [-0.05, 0) is 50.2 Å². The van der Waals surface area contributed by atoms with Crippen molar-refractivity contribution in [3.63, 3.8) is 0 Å². The molecule has 4 nitrogen and oxygen atoms in total. The lowest BCUT2D eigenvalue weighted by atomic mass is 9.57. The number of nitrogens with zero attached hydrogens (tertiary/aromatic N) is 2. The van der Waals surface area contributed by atoms with Crippen LogP contribution in [0.3, 0.4) is 0 Å². The molecule has 0 aromatic carbocycles. The highest BCUT2D eigenvalue weighted by molar-refractivity contribution is 9.11. The van der Waals surface area contributed by atoms with Crippen molar-refractivity contribution < 1.29 is 17.9 Å². The molecule has 8 heteroatoms. The zero-order chi connectivity index (χ0) is 20.6. The van der Waals surface area contributed by atoms with Gasteiger partial charge in [-0.2, -0.15) is 13.2 Å². The van der Waals surface area contributed by atoms with Crippen LogP contribution in [0.4, 0.5) is 13.2 Å². The number of hydrogen-bond acceptors (Lipinski definition) is 4. The highest BCUT2D eigenvalue weighted by Crippen LogP contribution is 2.56. The van der Waals surface area contributed by atoms with Gasteiger partial charge in [-0.15, -0.1) is 0 Å². The van der Waals surface area contributed by atoms with Crippen LogP contribution in [0.2, 0.25) is 0 Å². The molecule has 2 spiro atoms. The van der Waals surface area contributed by atoms with Gasteiger partial charge in [-0.25, -0.2) is 4.99 Å². The van der Waals surface area contributed by atoms with Gasteiger partial charge in [-0.3, -0.25) is 0 Å². The number of nitrogens with two attached hydrogens (primary N) is 1. The lowest BCUT2D eigenvalue weighted by Crippen LogP contribution is -2.54. The van der Waals surface area contributed by atoms with Crippen molar-refractivity contribution in [1.82, 2.24) is 4.90 Å². The summed E-state index contributed by atoms with van der Waals surface area (Å²) in [5, 5.41) is 0. The van der Waals surface area contributed by atoms with Crippen molar-refractivity contribution in [2.45, 2.75) is 56.3 Å². The molecule has 0 aromatic heterocycles. The molecule has 0 bridgehead atoms. The van der Waals surface area contributed by atoms with E-state index in [-0.39, 0.29) is 24.0 Å². The molecular formula is C20H27BrF3N3O. The summed E-state index contributed by atoms with van der Waals surface area (Å²) in [7, 11) is 1.71. The molecule has 1 saturated carbocycles. The van der Waals surface area contributed by atoms with Crippen LogP contribution >= 0.6 is 15.9 Å². The fraction of sp³-hybridized carbons (Fsp3) is 0.650. The second-order valence-electron chi connectivity index (χ2n) is 8.01. The SMILES string of the molecule is C=C1/C=C(Br)\C=C/CCC2(CCC(OC)CC2)C12CN(CC(F)(F)F)C(N)=N2. The van der Waals surface area contributed by atoms with Gasteiger partial charge in [0.1, 0.15) is 12.1 Å². The van der Waals surface area contributed by atoms with E-state index in [1.165, 1.54) is 0 Å². The van der Waals surface area contributed by atoms with Crippen LogP contribution in [0.25, 0.3) is 0 Å². The van der Waals surface area contributed by atoms with E-state index in [9.17, 15) is 13.2 Å². The van der Waals surface area contributed by atoms with Gasteiger partial charge in [-0.1, -0.05) is 34.7 Å². The first-order valence-electron chi connectivity index (χ1n) is 9.54. The molecule has 2 N–H and O–H groups in total. The van der Waals surface area contributed by atoms with E-state index in [1.54, 1.807) is 7.11 Å². The molecule has 28 heavy (non-hydrogen) atoms. The topological polar surface area (TPSA) is 50.9 Å². The minimum absolute atomic E-state index is 0.0524. The Labute approximate surface area is 172 Å². The third-order valence-corrected chi connectivity index (χ3v) is 6.92. The van der Waals surface area contributed by atoms with Gasteiger partial charge in [0.2, 0.25) is 0 Å². The average Bonchev–Trinajstić information content (AvgIpc) is 2.96. The first-order valence-corrected chi connectivity index (χ1v) is 10.3. The highest BCUT2D eigenvalue weighted by atomic mass is 79.9. The van der Waals surface area contributed by atoms with Crippen LogP contribution in [-0.2, 0) is 4.74 Å². The quantitative estimate of drug-likeness (QED) is 0.649. The van der Waals surface area contributed by atoms with Gasteiger partial charge in [0.25, 0.3) is 0 Å². The Morgan fingerprint density at radius 2 is 2.04 bits per heavy atom. The maximum atomic E-state index is 13.1. The summed E-state index contributed by atoms with van der Waals surface area (Å²) >= 11 is 3.51. The first kappa shape index (κ1) is 21.4. The Morgan fingerprint density at radius 3 is 2.64 bits per heavy atom. The highest BCUT2D eigenvalue weighted by Gasteiger charge is 2.57. The maximum Gasteiger partial charge on any atom is 0.406 e. The third kappa shape index (κ3) is 4.03. The van der Waals surface area contributed by atoms with Crippen molar-refractivity contribution >= 4 is 21.9 Å². The number of fused-ring (bicyclic) bond motifs is 1. The fourth-order valence-corrected chi connectivity index (χ4v) is 5.42. The van der Waals surface area contributed by atoms with Crippen molar-refractivity contribution in [2.24, 2.45) is 16.1 Å². The summed E-state index contributed by atoms with van der Waals surface area (Å²) in [5.74, 6) is -0.0524. The number of allylic oxidation sites excluding steroid dienone is 3. The lowest BCUT2D eigenvalue weighted by molar-refractivity contribution is -0.138. The molecule has 1 heterocycles. The number of hydrogen-bond donors (Lipinski definition) is 1. The summed E-state index contributed by atoms with van der Waals surface area (Å²) in [4.78, 5) is 5.87. The van der Waals surface area contributed by atoms with E-state index in [0.717, 1.165) is 47.9 Å². The summed E-state index contributed by atoms with van der Waals surface area (Å²) in [6.07, 6.45) is 6.76. The van der Waals surface area contributed by atoms with Gasteiger partial charge >= 0.3 is 6.18 Å². The van der Waals surface area contributed by atoms with Gasteiger partial charge < -0.3 is 15.4 Å². The Hall–Kier alpha value is -1.28. The molecule has 1 unspecified atom stereocenters. The van der Waals surface area contributed by atoms with Gasteiger partial charge in [0, 0.05) is 17.0 Å². The number of alkyl halides is 3. The summed E-state index contributed by atoms with van der Waals surface area (Å²) in [6.45, 7) is 3.26. The smallest absolute Gasteiger partial charge is 0.381 e. The Balaban J connectivity index is 2.04. The molecule has 2 aliphatic carbocycles. The summed E-state index contributed by atoms with van der Waals surface area (Å²) in [5.41, 5.74) is 5.55. The average molecular weight is 462 g/mol. The van der Waals surface area contributed by atoms with Crippen LogP contribution in [0.5, 0.6) is 0 Å². The molecule has 3 rings (SSSR count). The molecule has 0 amide bonds.